The smallest absolute Gasteiger partial charge is 0.322 e. The van der Waals surface area contributed by atoms with Gasteiger partial charge in [-0.15, -0.1) is 0 Å². The van der Waals surface area contributed by atoms with E-state index in [1.54, 1.807) is 0 Å². The Bertz CT molecular complexity index is 1170. The zero-order valence-corrected chi connectivity index (χ0v) is 16.3. The minimum absolute atomic E-state index is 0.116. The molecular formula is C21H20N2O7. The Morgan fingerprint density at radius 2 is 1.70 bits per heavy atom. The standard InChI is InChI=1S/C21H20N2O7/c1-29-15-8-13-14(9-16(15)30-2)23(11-12-6-4-3-5-7-12)21(28)18(19(13)26)20(27)22-10-17(24)25/h3-9,26H,10-11H2,1-2H3,(H,22,27)(H,24,25). The number of hydrogen-bond acceptors (Lipinski definition) is 6. The molecule has 0 aliphatic heterocycles. The lowest BCUT2D eigenvalue weighted by Gasteiger charge is -2.17. The lowest BCUT2D eigenvalue weighted by molar-refractivity contribution is -0.135. The Morgan fingerprint density at radius 3 is 2.30 bits per heavy atom. The second kappa shape index (κ2) is 8.56. The van der Waals surface area contributed by atoms with E-state index >= 15 is 0 Å². The number of benzene rings is 2. The molecule has 30 heavy (non-hydrogen) atoms. The maximum Gasteiger partial charge on any atom is 0.322 e. The second-order valence-electron chi connectivity index (χ2n) is 6.40. The fourth-order valence-electron chi connectivity index (χ4n) is 3.13. The summed E-state index contributed by atoms with van der Waals surface area (Å²) in [5.41, 5.74) is -0.196. The molecule has 3 rings (SSSR count). The van der Waals surface area contributed by atoms with Gasteiger partial charge < -0.3 is 29.6 Å². The Hall–Kier alpha value is -4.01. The highest BCUT2D eigenvalue weighted by atomic mass is 16.5. The number of rotatable bonds is 7. The predicted molar refractivity (Wildman–Crippen MR) is 108 cm³/mol. The first-order valence-corrected chi connectivity index (χ1v) is 8.92. The van der Waals surface area contributed by atoms with E-state index in [-0.39, 0.29) is 11.9 Å². The average Bonchev–Trinajstić information content (AvgIpc) is 2.75. The van der Waals surface area contributed by atoms with E-state index in [0.717, 1.165) is 5.56 Å². The molecule has 3 N–H and O–H groups in total. The zero-order chi connectivity index (χ0) is 21.8. The summed E-state index contributed by atoms with van der Waals surface area (Å²) in [6.45, 7) is -0.578. The molecule has 1 amide bonds. The lowest BCUT2D eigenvalue weighted by atomic mass is 10.1. The van der Waals surface area contributed by atoms with Crippen molar-refractivity contribution in [3.63, 3.8) is 0 Å². The number of carbonyl (C=O) groups excluding carboxylic acids is 1. The largest absolute Gasteiger partial charge is 0.506 e. The molecule has 0 aliphatic carbocycles. The number of carbonyl (C=O) groups is 2. The Balaban J connectivity index is 2.30. The van der Waals surface area contributed by atoms with Gasteiger partial charge in [-0.3, -0.25) is 14.4 Å². The molecule has 1 heterocycles. The van der Waals surface area contributed by atoms with Crippen LogP contribution in [0.4, 0.5) is 0 Å². The van der Waals surface area contributed by atoms with Crippen LogP contribution < -0.4 is 20.3 Å². The normalized spacial score (nSPS) is 10.6. The lowest BCUT2D eigenvalue weighted by Crippen LogP contribution is -2.36. The molecule has 0 atom stereocenters. The van der Waals surface area contributed by atoms with Gasteiger partial charge in [0, 0.05) is 11.5 Å². The van der Waals surface area contributed by atoms with Crippen LogP contribution >= 0.6 is 0 Å². The van der Waals surface area contributed by atoms with Gasteiger partial charge in [0.25, 0.3) is 11.5 Å². The van der Waals surface area contributed by atoms with Crippen LogP contribution in [0.3, 0.4) is 0 Å². The highest BCUT2D eigenvalue weighted by molar-refractivity contribution is 6.03. The van der Waals surface area contributed by atoms with Crippen LogP contribution in [0.15, 0.2) is 47.3 Å². The van der Waals surface area contributed by atoms with Gasteiger partial charge in [-0.05, 0) is 11.6 Å². The van der Waals surface area contributed by atoms with E-state index in [1.807, 2.05) is 30.3 Å². The molecule has 9 nitrogen and oxygen atoms in total. The number of aromatic hydroxyl groups is 1. The van der Waals surface area contributed by atoms with Crippen molar-refractivity contribution in [2.24, 2.45) is 0 Å². The summed E-state index contributed by atoms with van der Waals surface area (Å²) in [4.78, 5) is 36.5. The van der Waals surface area contributed by atoms with Crippen LogP contribution in [0.1, 0.15) is 15.9 Å². The Labute approximate surface area is 171 Å². The number of aromatic nitrogens is 1. The molecule has 0 fully saturated rings. The number of nitrogens with zero attached hydrogens (tertiary/aromatic N) is 1. The number of carboxylic acid groups (broad SMARTS) is 1. The van der Waals surface area contributed by atoms with Crippen molar-refractivity contribution < 1.29 is 29.3 Å². The summed E-state index contributed by atoms with van der Waals surface area (Å²) in [7, 11) is 2.86. The number of carboxylic acids is 1. The molecule has 2 aromatic carbocycles. The van der Waals surface area contributed by atoms with Gasteiger partial charge >= 0.3 is 5.97 Å². The first kappa shape index (κ1) is 20.7. The van der Waals surface area contributed by atoms with Crippen molar-refractivity contribution in [1.82, 2.24) is 9.88 Å². The van der Waals surface area contributed by atoms with Crippen molar-refractivity contribution in [2.45, 2.75) is 6.54 Å². The van der Waals surface area contributed by atoms with E-state index in [2.05, 4.69) is 5.32 Å². The summed E-state index contributed by atoms with van der Waals surface area (Å²) in [6.07, 6.45) is 0. The van der Waals surface area contributed by atoms with Crippen LogP contribution in [0, 0.1) is 0 Å². The van der Waals surface area contributed by atoms with E-state index in [1.165, 1.54) is 30.9 Å². The molecule has 0 aliphatic rings. The van der Waals surface area contributed by atoms with Crippen LogP contribution in [0.5, 0.6) is 17.2 Å². The SMILES string of the molecule is COc1cc2c(O)c(C(=O)NCC(=O)O)c(=O)n(Cc3ccccc3)c2cc1OC. The maximum atomic E-state index is 13.2. The molecule has 156 valence electrons. The summed E-state index contributed by atoms with van der Waals surface area (Å²) in [6, 6.07) is 12.1. The van der Waals surface area contributed by atoms with Gasteiger partial charge in [0.05, 0.1) is 26.3 Å². The third-order valence-corrected chi connectivity index (χ3v) is 4.55. The van der Waals surface area contributed by atoms with Gasteiger partial charge in [-0.2, -0.15) is 0 Å². The monoisotopic (exact) mass is 412 g/mol. The van der Waals surface area contributed by atoms with Gasteiger partial charge in [0.1, 0.15) is 17.9 Å². The third kappa shape index (κ3) is 3.90. The minimum atomic E-state index is -1.28. The summed E-state index contributed by atoms with van der Waals surface area (Å²) >= 11 is 0. The van der Waals surface area contributed by atoms with Crippen LogP contribution in [0.2, 0.25) is 0 Å². The molecule has 0 saturated heterocycles. The molecule has 0 radical (unpaired) electrons. The highest BCUT2D eigenvalue weighted by Gasteiger charge is 2.24. The van der Waals surface area contributed by atoms with E-state index in [9.17, 15) is 19.5 Å². The molecule has 0 bridgehead atoms. The fraction of sp³-hybridized carbons (Fsp3) is 0.190. The summed E-state index contributed by atoms with van der Waals surface area (Å²) < 4.78 is 11.9. The third-order valence-electron chi connectivity index (χ3n) is 4.55. The molecule has 0 spiro atoms. The van der Waals surface area contributed by atoms with Crippen LogP contribution in [0.25, 0.3) is 10.9 Å². The first-order valence-electron chi connectivity index (χ1n) is 8.92. The maximum absolute atomic E-state index is 13.2. The molecule has 3 aromatic rings. The number of aliphatic carboxylic acids is 1. The molecule has 0 unspecified atom stereocenters. The van der Waals surface area contributed by atoms with Gasteiger partial charge in [0.15, 0.2) is 11.5 Å². The van der Waals surface area contributed by atoms with Gasteiger partial charge in [-0.25, -0.2) is 0 Å². The average molecular weight is 412 g/mol. The van der Waals surface area contributed by atoms with Crippen molar-refractivity contribution in [3.8, 4) is 17.2 Å². The molecule has 0 saturated carbocycles. The highest BCUT2D eigenvalue weighted by Crippen LogP contribution is 2.36. The number of nitrogens with one attached hydrogen (secondary N) is 1. The number of pyridine rings is 1. The Morgan fingerprint density at radius 1 is 1.07 bits per heavy atom. The fourth-order valence-corrected chi connectivity index (χ4v) is 3.13. The topological polar surface area (TPSA) is 127 Å². The summed E-state index contributed by atoms with van der Waals surface area (Å²) in [5.74, 6) is -2.20. The number of hydrogen-bond donors (Lipinski definition) is 3. The number of ether oxygens (including phenoxy) is 2. The summed E-state index contributed by atoms with van der Waals surface area (Å²) in [5, 5.41) is 21.8. The Kier molecular flexibility index (Phi) is 5.91. The molecule has 1 aromatic heterocycles. The van der Waals surface area contributed by atoms with Gasteiger partial charge in [0.2, 0.25) is 0 Å². The zero-order valence-electron chi connectivity index (χ0n) is 16.3. The van der Waals surface area contributed by atoms with Crippen molar-refractivity contribution in [1.29, 1.82) is 0 Å². The van der Waals surface area contributed by atoms with E-state index < -0.39 is 35.3 Å². The number of methoxy groups -OCH3 is 2. The van der Waals surface area contributed by atoms with Crippen molar-refractivity contribution in [2.75, 3.05) is 20.8 Å². The van der Waals surface area contributed by atoms with Crippen molar-refractivity contribution >= 4 is 22.8 Å². The quantitative estimate of drug-likeness (QED) is 0.538. The minimum Gasteiger partial charge on any atom is -0.506 e. The first-order chi connectivity index (χ1) is 14.4. The van der Waals surface area contributed by atoms with Crippen LogP contribution in [-0.4, -0.2) is 47.4 Å². The van der Waals surface area contributed by atoms with Crippen LogP contribution in [-0.2, 0) is 11.3 Å². The molecular weight excluding hydrogens is 392 g/mol. The predicted octanol–water partition coefficient (Wildman–Crippen LogP) is 1.59. The van der Waals surface area contributed by atoms with E-state index in [4.69, 9.17) is 14.6 Å². The van der Waals surface area contributed by atoms with Crippen molar-refractivity contribution in [3.05, 3.63) is 63.9 Å². The molecule has 9 heteroatoms. The number of fused-ring (bicyclic) bond motifs is 1. The van der Waals surface area contributed by atoms with E-state index in [0.29, 0.717) is 17.0 Å². The second-order valence-corrected chi connectivity index (χ2v) is 6.40. The number of amides is 1. The van der Waals surface area contributed by atoms with Gasteiger partial charge in [-0.1, -0.05) is 30.3 Å².